The van der Waals surface area contributed by atoms with Gasteiger partial charge in [0.25, 0.3) is 0 Å². The topological polar surface area (TPSA) is 47.6 Å². The summed E-state index contributed by atoms with van der Waals surface area (Å²) in [6.45, 7) is 7.82. The van der Waals surface area contributed by atoms with Gasteiger partial charge in [0, 0.05) is 32.7 Å². The first-order valence-electron chi connectivity index (χ1n) is 6.11. The van der Waals surface area contributed by atoms with Crippen molar-refractivity contribution in [3.63, 3.8) is 0 Å². The summed E-state index contributed by atoms with van der Waals surface area (Å²) in [4.78, 5) is 14.3. The first-order chi connectivity index (χ1) is 7.66. The Labute approximate surface area is 97.1 Å². The van der Waals surface area contributed by atoms with E-state index in [9.17, 15) is 4.79 Å². The van der Waals surface area contributed by atoms with E-state index in [2.05, 4.69) is 29.6 Å². The highest BCUT2D eigenvalue weighted by molar-refractivity contribution is 5.79. The van der Waals surface area contributed by atoms with Crippen LogP contribution in [0.4, 0.5) is 0 Å². The molecular weight excluding hydrogens is 204 g/mol. The molecule has 0 bridgehead atoms. The second kappa shape index (κ2) is 5.12. The number of hydrazine groups is 1. The number of likely N-dealkylation sites (N-methyl/N-ethyl adjacent to an activating group) is 1. The number of hydrogen-bond donors (Lipinski definition) is 2. The molecule has 0 aromatic heterocycles. The van der Waals surface area contributed by atoms with Crippen LogP contribution in [0.5, 0.6) is 0 Å². The molecule has 0 saturated carbocycles. The third-order valence-electron chi connectivity index (χ3n) is 3.63. The minimum absolute atomic E-state index is 0.139. The average molecular weight is 226 g/mol. The van der Waals surface area contributed by atoms with Gasteiger partial charge in [-0.15, -0.1) is 0 Å². The lowest BCUT2D eigenvalue weighted by atomic mass is 9.98. The Morgan fingerprint density at radius 3 is 2.50 bits per heavy atom. The third kappa shape index (κ3) is 2.72. The molecule has 92 valence electrons. The van der Waals surface area contributed by atoms with E-state index in [0.29, 0.717) is 5.92 Å². The monoisotopic (exact) mass is 226 g/mol. The predicted molar refractivity (Wildman–Crippen MR) is 62.7 cm³/mol. The van der Waals surface area contributed by atoms with Crippen LogP contribution in [0.1, 0.15) is 6.92 Å². The van der Waals surface area contributed by atoms with Crippen LogP contribution < -0.4 is 10.7 Å². The Morgan fingerprint density at radius 2 is 1.94 bits per heavy atom. The lowest BCUT2D eigenvalue weighted by Crippen LogP contribution is -2.54. The van der Waals surface area contributed by atoms with E-state index < -0.39 is 0 Å². The summed E-state index contributed by atoms with van der Waals surface area (Å²) in [5.74, 6) is 0.772. The molecule has 2 fully saturated rings. The molecule has 2 rings (SSSR count). The van der Waals surface area contributed by atoms with E-state index in [0.717, 1.165) is 39.3 Å². The van der Waals surface area contributed by atoms with Gasteiger partial charge in [-0.3, -0.25) is 10.2 Å². The van der Waals surface area contributed by atoms with Gasteiger partial charge < -0.3 is 10.2 Å². The SMILES string of the molecule is C[C@@H]1CNC[C@H]1C(=O)NN1CCN(C)CC1. The number of rotatable bonds is 2. The van der Waals surface area contributed by atoms with Crippen LogP contribution >= 0.6 is 0 Å². The molecule has 2 atom stereocenters. The van der Waals surface area contributed by atoms with Crippen molar-refractivity contribution in [1.82, 2.24) is 20.7 Å². The van der Waals surface area contributed by atoms with Crippen molar-refractivity contribution in [3.8, 4) is 0 Å². The van der Waals surface area contributed by atoms with Gasteiger partial charge in [0.05, 0.1) is 5.92 Å². The fraction of sp³-hybridized carbons (Fsp3) is 0.909. The molecule has 5 heteroatoms. The molecule has 2 N–H and O–H groups in total. The summed E-state index contributed by atoms with van der Waals surface area (Å²) in [6.07, 6.45) is 0. The summed E-state index contributed by atoms with van der Waals surface area (Å²) < 4.78 is 0. The van der Waals surface area contributed by atoms with E-state index in [1.54, 1.807) is 0 Å². The van der Waals surface area contributed by atoms with E-state index in [1.165, 1.54) is 0 Å². The van der Waals surface area contributed by atoms with Crippen LogP contribution in [0.25, 0.3) is 0 Å². The fourth-order valence-electron chi connectivity index (χ4n) is 2.32. The maximum Gasteiger partial charge on any atom is 0.238 e. The molecule has 1 amide bonds. The smallest absolute Gasteiger partial charge is 0.238 e. The molecule has 2 aliphatic rings. The van der Waals surface area contributed by atoms with Crippen LogP contribution in [0.2, 0.25) is 0 Å². The lowest BCUT2D eigenvalue weighted by molar-refractivity contribution is -0.131. The molecule has 0 spiro atoms. The summed E-state index contributed by atoms with van der Waals surface area (Å²) in [5, 5.41) is 5.31. The molecule has 2 heterocycles. The molecule has 0 radical (unpaired) electrons. The molecule has 0 aromatic rings. The van der Waals surface area contributed by atoms with Crippen LogP contribution in [0.15, 0.2) is 0 Å². The molecule has 5 nitrogen and oxygen atoms in total. The molecule has 16 heavy (non-hydrogen) atoms. The number of carbonyl (C=O) groups excluding carboxylic acids is 1. The predicted octanol–water partition coefficient (Wildman–Crippen LogP) is -0.879. The van der Waals surface area contributed by atoms with E-state index in [4.69, 9.17) is 0 Å². The number of carbonyl (C=O) groups is 1. The Kier molecular flexibility index (Phi) is 3.78. The quantitative estimate of drug-likeness (QED) is 0.642. The van der Waals surface area contributed by atoms with Gasteiger partial charge in [0.1, 0.15) is 0 Å². The summed E-state index contributed by atoms with van der Waals surface area (Å²) in [6, 6.07) is 0. The zero-order valence-electron chi connectivity index (χ0n) is 10.2. The molecule has 2 saturated heterocycles. The Morgan fingerprint density at radius 1 is 1.25 bits per heavy atom. The third-order valence-corrected chi connectivity index (χ3v) is 3.63. The molecule has 0 unspecified atom stereocenters. The normalized spacial score (nSPS) is 32.9. The summed E-state index contributed by atoms with van der Waals surface area (Å²) in [7, 11) is 2.11. The second-order valence-corrected chi connectivity index (χ2v) is 5.01. The van der Waals surface area contributed by atoms with Crippen LogP contribution in [-0.4, -0.2) is 62.1 Å². The van der Waals surface area contributed by atoms with Crippen molar-refractivity contribution in [1.29, 1.82) is 0 Å². The minimum atomic E-state index is 0.139. The van der Waals surface area contributed by atoms with Crippen molar-refractivity contribution in [2.75, 3.05) is 46.3 Å². The summed E-state index contributed by atoms with van der Waals surface area (Å²) >= 11 is 0. The second-order valence-electron chi connectivity index (χ2n) is 5.01. The Bertz CT molecular complexity index is 250. The van der Waals surface area contributed by atoms with Crippen LogP contribution in [0.3, 0.4) is 0 Å². The highest BCUT2D eigenvalue weighted by atomic mass is 16.2. The number of piperazine rings is 1. The maximum atomic E-state index is 12.0. The highest BCUT2D eigenvalue weighted by Gasteiger charge is 2.30. The van der Waals surface area contributed by atoms with Crippen LogP contribution in [0, 0.1) is 11.8 Å². The minimum Gasteiger partial charge on any atom is -0.316 e. The molecular formula is C11H22N4O. The first-order valence-corrected chi connectivity index (χ1v) is 6.11. The van der Waals surface area contributed by atoms with Crippen molar-refractivity contribution in [2.24, 2.45) is 11.8 Å². The van der Waals surface area contributed by atoms with E-state index >= 15 is 0 Å². The lowest BCUT2D eigenvalue weighted by Gasteiger charge is -2.33. The van der Waals surface area contributed by atoms with E-state index in [-0.39, 0.29) is 11.8 Å². The van der Waals surface area contributed by atoms with Crippen LogP contribution in [-0.2, 0) is 4.79 Å². The number of amides is 1. The average Bonchev–Trinajstić information content (AvgIpc) is 2.68. The number of nitrogens with one attached hydrogen (secondary N) is 2. The highest BCUT2D eigenvalue weighted by Crippen LogP contribution is 2.15. The van der Waals surface area contributed by atoms with Gasteiger partial charge in [0.2, 0.25) is 5.91 Å². The fourth-order valence-corrected chi connectivity index (χ4v) is 2.32. The van der Waals surface area contributed by atoms with Gasteiger partial charge in [-0.1, -0.05) is 6.92 Å². The van der Waals surface area contributed by atoms with Crippen molar-refractivity contribution in [3.05, 3.63) is 0 Å². The largest absolute Gasteiger partial charge is 0.316 e. The summed E-state index contributed by atoms with van der Waals surface area (Å²) in [5.41, 5.74) is 3.04. The standard InChI is InChI=1S/C11H22N4O/c1-9-7-12-8-10(9)11(16)13-15-5-3-14(2)4-6-15/h9-10,12H,3-8H2,1-2H3,(H,13,16)/t9-,10-/m1/s1. The van der Waals surface area contributed by atoms with Crippen molar-refractivity contribution >= 4 is 5.91 Å². The van der Waals surface area contributed by atoms with Crippen molar-refractivity contribution in [2.45, 2.75) is 6.92 Å². The number of nitrogens with zero attached hydrogens (tertiary/aromatic N) is 2. The molecule has 0 aliphatic carbocycles. The Balaban J connectivity index is 1.78. The van der Waals surface area contributed by atoms with Gasteiger partial charge in [-0.05, 0) is 19.5 Å². The Hall–Kier alpha value is -0.650. The van der Waals surface area contributed by atoms with Gasteiger partial charge >= 0.3 is 0 Å². The van der Waals surface area contributed by atoms with E-state index in [1.807, 2.05) is 5.01 Å². The van der Waals surface area contributed by atoms with Crippen molar-refractivity contribution < 1.29 is 4.79 Å². The first kappa shape index (κ1) is 11.8. The van der Waals surface area contributed by atoms with Gasteiger partial charge in [-0.2, -0.15) is 0 Å². The molecule has 2 aliphatic heterocycles. The maximum absolute atomic E-state index is 12.0. The van der Waals surface area contributed by atoms with Gasteiger partial charge in [0.15, 0.2) is 0 Å². The zero-order valence-corrected chi connectivity index (χ0v) is 10.2. The number of hydrogen-bond acceptors (Lipinski definition) is 4. The molecule has 0 aromatic carbocycles. The van der Waals surface area contributed by atoms with Gasteiger partial charge in [-0.25, -0.2) is 5.01 Å². The zero-order chi connectivity index (χ0) is 11.5.